The van der Waals surface area contributed by atoms with Crippen LogP contribution in [0.4, 0.5) is 5.69 Å². The molecular formula is C11H14BrN5O. The smallest absolute Gasteiger partial charge is 0.283 e. The number of rotatable bonds is 4. The van der Waals surface area contributed by atoms with Gasteiger partial charge in [-0.1, -0.05) is 0 Å². The van der Waals surface area contributed by atoms with Gasteiger partial charge in [-0.3, -0.25) is 4.79 Å². The maximum Gasteiger partial charge on any atom is 0.283 e. The molecule has 0 amide bonds. The van der Waals surface area contributed by atoms with Crippen LogP contribution in [0.2, 0.25) is 0 Å². The second-order valence-electron chi connectivity index (χ2n) is 4.11. The maximum absolute atomic E-state index is 12.0. The summed E-state index contributed by atoms with van der Waals surface area (Å²) >= 11 is 3.30. The standard InChI is InChI=1S/C11H14BrN5O/c1-7(2)17-11(18)10(12)8(5-16-17)15-6-9-13-3-4-14-9/h3-5,7,15H,6H2,1-2H3,(H,13,14). The summed E-state index contributed by atoms with van der Waals surface area (Å²) in [6.07, 6.45) is 5.07. The van der Waals surface area contributed by atoms with Crippen molar-refractivity contribution in [2.45, 2.75) is 26.4 Å². The lowest BCUT2D eigenvalue weighted by atomic mass is 10.4. The largest absolute Gasteiger partial charge is 0.375 e. The molecule has 2 aromatic heterocycles. The van der Waals surface area contributed by atoms with Crippen molar-refractivity contribution in [3.63, 3.8) is 0 Å². The molecule has 7 heteroatoms. The molecule has 0 bridgehead atoms. The van der Waals surface area contributed by atoms with Crippen LogP contribution in [-0.4, -0.2) is 19.7 Å². The molecule has 2 heterocycles. The molecule has 0 unspecified atom stereocenters. The number of nitrogens with one attached hydrogen (secondary N) is 2. The van der Waals surface area contributed by atoms with Crippen molar-refractivity contribution in [3.05, 3.63) is 39.2 Å². The summed E-state index contributed by atoms with van der Waals surface area (Å²) in [7, 11) is 0. The lowest BCUT2D eigenvalue weighted by Crippen LogP contribution is -2.26. The first-order valence-corrected chi connectivity index (χ1v) is 6.38. The fraction of sp³-hybridized carbons (Fsp3) is 0.364. The van der Waals surface area contributed by atoms with E-state index in [-0.39, 0.29) is 11.6 Å². The number of nitrogens with zero attached hydrogens (tertiary/aromatic N) is 3. The summed E-state index contributed by atoms with van der Waals surface area (Å²) in [5, 5.41) is 7.23. The van der Waals surface area contributed by atoms with Crippen LogP contribution in [0.5, 0.6) is 0 Å². The topological polar surface area (TPSA) is 75.6 Å². The molecule has 0 aromatic carbocycles. The van der Waals surface area contributed by atoms with Gasteiger partial charge in [0.15, 0.2) is 0 Å². The average Bonchev–Trinajstić information content (AvgIpc) is 2.83. The summed E-state index contributed by atoms with van der Waals surface area (Å²) < 4.78 is 1.92. The number of H-pyrrole nitrogens is 1. The Morgan fingerprint density at radius 2 is 2.33 bits per heavy atom. The van der Waals surface area contributed by atoms with Crippen molar-refractivity contribution in [1.82, 2.24) is 19.7 Å². The highest BCUT2D eigenvalue weighted by molar-refractivity contribution is 9.10. The Morgan fingerprint density at radius 1 is 1.56 bits per heavy atom. The first-order chi connectivity index (χ1) is 8.59. The number of halogens is 1. The molecule has 0 saturated carbocycles. The summed E-state index contributed by atoms with van der Waals surface area (Å²) in [5.74, 6) is 0.801. The van der Waals surface area contributed by atoms with Gasteiger partial charge >= 0.3 is 0 Å². The van der Waals surface area contributed by atoms with Gasteiger partial charge in [0.25, 0.3) is 5.56 Å². The fourth-order valence-corrected chi connectivity index (χ4v) is 1.93. The Morgan fingerprint density at radius 3 is 2.94 bits per heavy atom. The molecule has 6 nitrogen and oxygen atoms in total. The molecule has 0 aliphatic heterocycles. The van der Waals surface area contributed by atoms with E-state index in [0.717, 1.165) is 5.82 Å². The van der Waals surface area contributed by atoms with E-state index in [2.05, 4.69) is 36.3 Å². The van der Waals surface area contributed by atoms with E-state index in [1.807, 2.05) is 13.8 Å². The third-order valence-corrected chi connectivity index (χ3v) is 3.20. The van der Waals surface area contributed by atoms with E-state index in [0.29, 0.717) is 16.7 Å². The number of aromatic nitrogens is 4. The van der Waals surface area contributed by atoms with Crippen LogP contribution in [0.3, 0.4) is 0 Å². The molecule has 0 atom stereocenters. The lowest BCUT2D eigenvalue weighted by Gasteiger charge is -2.11. The quantitative estimate of drug-likeness (QED) is 0.904. The van der Waals surface area contributed by atoms with Crippen molar-refractivity contribution < 1.29 is 0 Å². The van der Waals surface area contributed by atoms with Crippen LogP contribution < -0.4 is 10.9 Å². The monoisotopic (exact) mass is 311 g/mol. The van der Waals surface area contributed by atoms with Crippen LogP contribution in [-0.2, 0) is 6.54 Å². The molecule has 0 aliphatic rings. The van der Waals surface area contributed by atoms with Gasteiger partial charge in [-0.15, -0.1) is 0 Å². The predicted octanol–water partition coefficient (Wildman–Crippen LogP) is 1.92. The van der Waals surface area contributed by atoms with Gasteiger partial charge < -0.3 is 10.3 Å². The Labute approximate surface area is 113 Å². The molecule has 0 saturated heterocycles. The minimum atomic E-state index is -0.144. The zero-order valence-electron chi connectivity index (χ0n) is 10.1. The Bertz CT molecular complexity index is 576. The maximum atomic E-state index is 12.0. The lowest BCUT2D eigenvalue weighted by molar-refractivity contribution is 0.501. The number of hydrogen-bond donors (Lipinski definition) is 2. The van der Waals surface area contributed by atoms with Crippen molar-refractivity contribution in [1.29, 1.82) is 0 Å². The zero-order valence-corrected chi connectivity index (χ0v) is 11.7. The summed E-state index contributed by atoms with van der Waals surface area (Å²) in [6, 6.07) is 0.0351. The van der Waals surface area contributed by atoms with E-state index in [1.165, 1.54) is 4.68 Å². The molecule has 0 spiro atoms. The molecular weight excluding hydrogens is 298 g/mol. The van der Waals surface area contributed by atoms with Gasteiger partial charge in [0.1, 0.15) is 10.3 Å². The van der Waals surface area contributed by atoms with E-state index in [1.54, 1.807) is 18.6 Å². The average molecular weight is 312 g/mol. The van der Waals surface area contributed by atoms with Gasteiger partial charge in [0, 0.05) is 12.4 Å². The molecule has 96 valence electrons. The molecule has 2 N–H and O–H groups in total. The SMILES string of the molecule is CC(C)n1ncc(NCc2ncc[nH]2)c(Br)c1=O. The highest BCUT2D eigenvalue weighted by atomic mass is 79.9. The number of anilines is 1. The van der Waals surface area contributed by atoms with E-state index in [9.17, 15) is 4.79 Å². The van der Waals surface area contributed by atoms with Gasteiger partial charge in [0.05, 0.1) is 24.5 Å². The van der Waals surface area contributed by atoms with E-state index in [4.69, 9.17) is 0 Å². The highest BCUT2D eigenvalue weighted by Gasteiger charge is 2.10. The summed E-state index contributed by atoms with van der Waals surface area (Å²) in [4.78, 5) is 19.1. The molecule has 0 radical (unpaired) electrons. The number of aromatic amines is 1. The number of hydrogen-bond acceptors (Lipinski definition) is 4. The normalized spacial score (nSPS) is 10.9. The predicted molar refractivity (Wildman–Crippen MR) is 72.5 cm³/mol. The zero-order chi connectivity index (χ0) is 13.1. The Balaban J connectivity index is 2.20. The molecule has 2 rings (SSSR count). The van der Waals surface area contributed by atoms with Crippen molar-refractivity contribution in [2.75, 3.05) is 5.32 Å². The first kappa shape index (κ1) is 12.8. The first-order valence-electron chi connectivity index (χ1n) is 5.59. The van der Waals surface area contributed by atoms with Gasteiger partial charge in [-0.05, 0) is 29.8 Å². The Kier molecular flexibility index (Phi) is 3.81. The van der Waals surface area contributed by atoms with Gasteiger partial charge in [0.2, 0.25) is 0 Å². The van der Waals surface area contributed by atoms with Crippen LogP contribution in [0.25, 0.3) is 0 Å². The van der Waals surface area contributed by atoms with Crippen molar-refractivity contribution >= 4 is 21.6 Å². The summed E-state index contributed by atoms with van der Waals surface area (Å²) in [6.45, 7) is 4.34. The van der Waals surface area contributed by atoms with Crippen molar-refractivity contribution in [2.24, 2.45) is 0 Å². The fourth-order valence-electron chi connectivity index (χ4n) is 1.51. The third-order valence-electron chi connectivity index (χ3n) is 2.43. The van der Waals surface area contributed by atoms with Crippen LogP contribution >= 0.6 is 15.9 Å². The second kappa shape index (κ2) is 5.34. The van der Waals surface area contributed by atoms with Crippen LogP contribution in [0.1, 0.15) is 25.7 Å². The Hall–Kier alpha value is -1.63. The minimum Gasteiger partial charge on any atom is -0.375 e. The second-order valence-corrected chi connectivity index (χ2v) is 4.90. The van der Waals surface area contributed by atoms with Crippen LogP contribution in [0, 0.1) is 0 Å². The van der Waals surface area contributed by atoms with Crippen molar-refractivity contribution in [3.8, 4) is 0 Å². The molecule has 18 heavy (non-hydrogen) atoms. The van der Waals surface area contributed by atoms with E-state index >= 15 is 0 Å². The molecule has 0 fully saturated rings. The van der Waals surface area contributed by atoms with E-state index < -0.39 is 0 Å². The highest BCUT2D eigenvalue weighted by Crippen LogP contribution is 2.17. The molecule has 2 aromatic rings. The minimum absolute atomic E-state index is 0.0351. The van der Waals surface area contributed by atoms with Gasteiger partial charge in [-0.25, -0.2) is 9.67 Å². The molecule has 0 aliphatic carbocycles. The number of imidazole rings is 1. The summed E-state index contributed by atoms with van der Waals surface area (Å²) in [5.41, 5.74) is 0.516. The van der Waals surface area contributed by atoms with Gasteiger partial charge in [-0.2, -0.15) is 5.10 Å². The van der Waals surface area contributed by atoms with Crippen LogP contribution in [0.15, 0.2) is 27.9 Å². The third kappa shape index (κ3) is 2.61.